The van der Waals surface area contributed by atoms with Crippen LogP contribution < -0.4 is 12.4 Å². The topological polar surface area (TPSA) is 0 Å². The lowest BCUT2D eigenvalue weighted by atomic mass is 10.3. The molecule has 0 aliphatic rings. The summed E-state index contributed by atoms with van der Waals surface area (Å²) < 4.78 is 0. The van der Waals surface area contributed by atoms with Gasteiger partial charge in [0.1, 0.15) is 0 Å². The van der Waals surface area contributed by atoms with Crippen molar-refractivity contribution in [1.82, 2.24) is 0 Å². The van der Waals surface area contributed by atoms with Crippen LogP contribution in [0.3, 0.4) is 0 Å². The van der Waals surface area contributed by atoms with E-state index in [1.54, 1.807) is 6.16 Å². The quantitative estimate of drug-likeness (QED) is 0.451. The molecule has 0 saturated carbocycles. The third kappa shape index (κ3) is 5.92. The van der Waals surface area contributed by atoms with Gasteiger partial charge in [0.25, 0.3) is 0 Å². The van der Waals surface area contributed by atoms with Crippen molar-refractivity contribution in [2.24, 2.45) is 0 Å². The van der Waals surface area contributed by atoms with Crippen LogP contribution in [0.2, 0.25) is 0 Å². The first-order valence-electron chi connectivity index (χ1n) is 5.59. The van der Waals surface area contributed by atoms with Crippen molar-refractivity contribution in [3.63, 3.8) is 0 Å². The smallest absolute Gasteiger partial charge is 0.0594 e. The first-order chi connectivity index (χ1) is 5.74. The summed E-state index contributed by atoms with van der Waals surface area (Å²) in [6.07, 6.45) is 10.3. The van der Waals surface area contributed by atoms with Gasteiger partial charge in [-0.2, -0.15) is 0 Å². The highest BCUT2D eigenvalue weighted by atomic mass is 35.5. The summed E-state index contributed by atoms with van der Waals surface area (Å²) in [4.78, 5) is 0. The van der Waals surface area contributed by atoms with Gasteiger partial charge in [-0.1, -0.05) is 19.8 Å². The lowest BCUT2D eigenvalue weighted by molar-refractivity contribution is -0.00000289. The van der Waals surface area contributed by atoms with Gasteiger partial charge in [-0.05, 0) is 27.2 Å². The fourth-order valence-corrected chi connectivity index (χ4v) is 5.03. The van der Waals surface area contributed by atoms with E-state index in [-0.39, 0.29) is 12.4 Å². The molecule has 0 fully saturated rings. The largest absolute Gasteiger partial charge is 1.00 e. The predicted molar refractivity (Wildman–Crippen MR) is 62.9 cm³/mol. The predicted octanol–water partition coefficient (Wildman–Crippen LogP) is 1.26. The minimum absolute atomic E-state index is 0. The molecule has 0 spiro atoms. The molecule has 0 radical (unpaired) electrons. The summed E-state index contributed by atoms with van der Waals surface area (Å²) in [5.74, 6) is 0. The molecule has 0 unspecified atom stereocenters. The van der Waals surface area contributed by atoms with Crippen molar-refractivity contribution < 1.29 is 12.4 Å². The lowest BCUT2D eigenvalue weighted by Crippen LogP contribution is -3.00. The van der Waals surface area contributed by atoms with Crippen LogP contribution in [-0.4, -0.2) is 24.6 Å². The molecule has 0 aromatic heterocycles. The van der Waals surface area contributed by atoms with Gasteiger partial charge in [-0.25, -0.2) is 0 Å². The number of unbranched alkanes of at least 4 members (excludes halogenated alkanes) is 2. The van der Waals surface area contributed by atoms with Crippen molar-refractivity contribution in [2.45, 2.75) is 47.0 Å². The molecule has 0 bridgehead atoms. The minimum atomic E-state index is -0.469. The number of rotatable bonds is 7. The molecule has 0 heterocycles. The average molecular weight is 225 g/mol. The zero-order valence-electron chi connectivity index (χ0n) is 9.77. The summed E-state index contributed by atoms with van der Waals surface area (Å²) in [7, 11) is -0.469. The molecule has 0 aromatic carbocycles. The van der Waals surface area contributed by atoms with Crippen molar-refractivity contribution >= 4 is 7.26 Å². The van der Waals surface area contributed by atoms with Crippen molar-refractivity contribution in [3.8, 4) is 0 Å². The molecule has 0 N–H and O–H groups in total. The van der Waals surface area contributed by atoms with Gasteiger partial charge in [0, 0.05) is 7.26 Å². The molecule has 82 valence electrons. The van der Waals surface area contributed by atoms with E-state index >= 15 is 0 Å². The van der Waals surface area contributed by atoms with E-state index < -0.39 is 7.26 Å². The van der Waals surface area contributed by atoms with Crippen molar-refractivity contribution in [1.29, 1.82) is 0 Å². The van der Waals surface area contributed by atoms with Crippen LogP contribution in [-0.2, 0) is 0 Å². The van der Waals surface area contributed by atoms with Gasteiger partial charge in [0.15, 0.2) is 0 Å². The molecule has 0 aliphatic heterocycles. The third-order valence-electron chi connectivity index (χ3n) is 3.25. The summed E-state index contributed by atoms with van der Waals surface area (Å²) >= 11 is 0. The summed E-state index contributed by atoms with van der Waals surface area (Å²) in [6.45, 7) is 9.48. The maximum Gasteiger partial charge on any atom is 0.0594 e. The van der Waals surface area contributed by atoms with E-state index in [2.05, 4.69) is 27.7 Å². The van der Waals surface area contributed by atoms with E-state index in [4.69, 9.17) is 0 Å². The second-order valence-electron chi connectivity index (χ2n) is 3.72. The Balaban J connectivity index is 0. The number of halogens is 1. The van der Waals surface area contributed by atoms with Crippen LogP contribution in [0, 0.1) is 0 Å². The highest BCUT2D eigenvalue weighted by Gasteiger charge is 2.29. The molecule has 0 rings (SSSR count). The van der Waals surface area contributed by atoms with Crippen LogP contribution >= 0.6 is 7.26 Å². The van der Waals surface area contributed by atoms with Crippen LogP contribution in [0.15, 0.2) is 0 Å². The Hall–Kier alpha value is 0.720. The Morgan fingerprint density at radius 2 is 1.23 bits per heavy atom. The molecule has 13 heavy (non-hydrogen) atoms. The molecule has 0 atom stereocenters. The van der Waals surface area contributed by atoms with Gasteiger partial charge in [0.05, 0.1) is 24.6 Å². The molecule has 0 aliphatic carbocycles. The van der Waals surface area contributed by atoms with E-state index in [9.17, 15) is 0 Å². The number of hydrogen-bond acceptors (Lipinski definition) is 0. The van der Waals surface area contributed by atoms with Gasteiger partial charge in [-0.15, -0.1) is 0 Å². The van der Waals surface area contributed by atoms with Crippen LogP contribution in [0.5, 0.6) is 0 Å². The monoisotopic (exact) mass is 224 g/mol. The Kier molecular flexibility index (Phi) is 11.5. The Morgan fingerprint density at radius 3 is 1.54 bits per heavy atom. The molecule has 0 aromatic rings. The fraction of sp³-hybridized carbons (Fsp3) is 1.00. The van der Waals surface area contributed by atoms with Gasteiger partial charge in [0.2, 0.25) is 0 Å². The normalized spacial score (nSPS) is 11.1. The van der Waals surface area contributed by atoms with E-state index in [1.165, 1.54) is 37.7 Å². The van der Waals surface area contributed by atoms with Crippen LogP contribution in [0.1, 0.15) is 47.0 Å². The second kappa shape index (κ2) is 9.28. The van der Waals surface area contributed by atoms with Gasteiger partial charge < -0.3 is 12.4 Å². The molecule has 0 saturated heterocycles. The van der Waals surface area contributed by atoms with E-state index in [1.807, 2.05) is 0 Å². The Bertz CT molecular complexity index is 92.0. The summed E-state index contributed by atoms with van der Waals surface area (Å²) in [5.41, 5.74) is 0. The Morgan fingerprint density at radius 1 is 0.769 bits per heavy atom. The van der Waals surface area contributed by atoms with Crippen molar-refractivity contribution in [3.05, 3.63) is 0 Å². The first-order valence-corrected chi connectivity index (χ1v) is 8.12. The maximum atomic E-state index is 2.40. The molecule has 0 nitrogen and oxygen atoms in total. The third-order valence-corrected chi connectivity index (χ3v) is 8.54. The lowest BCUT2D eigenvalue weighted by Gasteiger charge is -2.23. The highest BCUT2D eigenvalue weighted by Crippen LogP contribution is 2.58. The maximum absolute atomic E-state index is 2.40. The fourth-order valence-electron chi connectivity index (χ4n) is 1.84. The first kappa shape index (κ1) is 16.2. The van der Waals surface area contributed by atoms with E-state index in [0.29, 0.717) is 0 Å². The highest BCUT2D eigenvalue weighted by molar-refractivity contribution is 7.75. The molecule has 2 heteroatoms. The minimum Gasteiger partial charge on any atom is -1.00 e. The zero-order valence-corrected chi connectivity index (χ0v) is 11.4. The zero-order chi connectivity index (χ0) is 9.45. The van der Waals surface area contributed by atoms with E-state index in [0.717, 1.165) is 0 Å². The van der Waals surface area contributed by atoms with Crippen molar-refractivity contribution in [2.75, 3.05) is 24.6 Å². The summed E-state index contributed by atoms with van der Waals surface area (Å²) in [5, 5.41) is 0. The molecule has 0 amide bonds. The van der Waals surface area contributed by atoms with Crippen LogP contribution in [0.4, 0.5) is 0 Å². The summed E-state index contributed by atoms with van der Waals surface area (Å²) in [6, 6.07) is 0. The van der Waals surface area contributed by atoms with Gasteiger partial charge >= 0.3 is 0 Å². The van der Waals surface area contributed by atoms with Crippen LogP contribution in [0.25, 0.3) is 0 Å². The molecular formula is C11H26ClP. The molecular weight excluding hydrogens is 199 g/mol. The number of hydrogen-bond donors (Lipinski definition) is 0. The Labute approximate surface area is 91.6 Å². The second-order valence-corrected chi connectivity index (χ2v) is 8.75. The average Bonchev–Trinajstić information content (AvgIpc) is 2.14. The SMILES string of the molecule is CCCCC[P+](CC)(CC)CC.[Cl-]. The van der Waals surface area contributed by atoms with Gasteiger partial charge in [-0.3, -0.25) is 0 Å². The standard InChI is InChI=1S/C11H26P.ClH/c1-5-9-10-11-12(6-2,7-3)8-4;/h5-11H2,1-4H3;1H/q+1;/p-1.